The van der Waals surface area contributed by atoms with E-state index in [0.29, 0.717) is 32.7 Å². The summed E-state index contributed by atoms with van der Waals surface area (Å²) >= 11 is 6.81. The van der Waals surface area contributed by atoms with E-state index in [1.807, 2.05) is 30.3 Å². The molecule has 0 N–H and O–H groups in total. The highest BCUT2D eigenvalue weighted by Gasteiger charge is 2.30. The highest BCUT2D eigenvalue weighted by atomic mass is 79.9. The Bertz CT molecular complexity index is 1180. The van der Waals surface area contributed by atoms with E-state index in [9.17, 15) is 9.59 Å². The van der Waals surface area contributed by atoms with E-state index in [1.165, 1.54) is 0 Å². The molecule has 0 saturated carbocycles. The summed E-state index contributed by atoms with van der Waals surface area (Å²) in [6, 6.07) is 17.8. The second kappa shape index (κ2) is 7.97. The first kappa shape index (κ1) is 19.6. The van der Waals surface area contributed by atoms with Crippen molar-refractivity contribution in [3.05, 3.63) is 97.6 Å². The molecule has 0 bridgehead atoms. The van der Waals surface area contributed by atoms with Crippen LogP contribution in [0.1, 0.15) is 31.8 Å². The van der Waals surface area contributed by atoms with Crippen LogP contribution >= 0.6 is 31.9 Å². The Hall–Kier alpha value is -2.70. The number of hydrogen-bond acceptors (Lipinski definition) is 4. The second-order valence-electron chi connectivity index (χ2n) is 6.44. The van der Waals surface area contributed by atoms with E-state index in [4.69, 9.17) is 9.47 Å². The summed E-state index contributed by atoms with van der Waals surface area (Å²) in [5, 5.41) is 0. The van der Waals surface area contributed by atoms with E-state index < -0.39 is 5.97 Å². The van der Waals surface area contributed by atoms with Crippen LogP contribution in [0.4, 0.5) is 0 Å². The maximum Gasteiger partial charge on any atom is 0.344 e. The van der Waals surface area contributed by atoms with Crippen molar-refractivity contribution >= 4 is 49.7 Å². The van der Waals surface area contributed by atoms with Gasteiger partial charge in [-0.15, -0.1) is 0 Å². The van der Waals surface area contributed by atoms with Gasteiger partial charge >= 0.3 is 5.97 Å². The molecular weight excluding hydrogens is 500 g/mol. The van der Waals surface area contributed by atoms with Gasteiger partial charge in [-0.05, 0) is 64.3 Å². The molecule has 6 heteroatoms. The predicted octanol–water partition coefficient (Wildman–Crippen LogP) is 6.36. The Morgan fingerprint density at radius 1 is 1.00 bits per heavy atom. The maximum atomic E-state index is 12.8. The Balaban J connectivity index is 1.64. The summed E-state index contributed by atoms with van der Waals surface area (Å²) < 4.78 is 12.8. The van der Waals surface area contributed by atoms with Gasteiger partial charge in [0, 0.05) is 15.0 Å². The molecule has 1 aliphatic heterocycles. The average Bonchev–Trinajstić information content (AvgIpc) is 2.99. The number of ketones is 1. The van der Waals surface area contributed by atoms with Gasteiger partial charge in [0.15, 0.2) is 5.76 Å². The molecule has 0 atom stereocenters. The van der Waals surface area contributed by atoms with Crippen molar-refractivity contribution in [1.29, 1.82) is 0 Å². The van der Waals surface area contributed by atoms with Gasteiger partial charge < -0.3 is 9.47 Å². The molecule has 3 aromatic carbocycles. The van der Waals surface area contributed by atoms with Gasteiger partial charge in [0.2, 0.25) is 5.78 Å². The first-order valence-electron chi connectivity index (χ1n) is 8.74. The Morgan fingerprint density at radius 3 is 2.41 bits per heavy atom. The lowest BCUT2D eigenvalue weighted by Gasteiger charge is -2.08. The number of fused-ring (bicyclic) bond motifs is 1. The smallest absolute Gasteiger partial charge is 0.344 e. The largest absolute Gasteiger partial charge is 0.452 e. The van der Waals surface area contributed by atoms with Crippen LogP contribution in [0, 0.1) is 6.92 Å². The highest BCUT2D eigenvalue weighted by Crippen LogP contribution is 2.38. The molecule has 0 spiro atoms. The van der Waals surface area contributed by atoms with Crippen LogP contribution in [0.2, 0.25) is 0 Å². The number of ether oxygens (including phenoxy) is 2. The van der Waals surface area contributed by atoms with Crippen LogP contribution in [0.5, 0.6) is 11.5 Å². The molecule has 0 saturated heterocycles. The minimum absolute atomic E-state index is 0.197. The van der Waals surface area contributed by atoms with Crippen molar-refractivity contribution in [3.8, 4) is 11.5 Å². The first-order valence-corrected chi connectivity index (χ1v) is 10.3. The number of esters is 1. The van der Waals surface area contributed by atoms with Crippen LogP contribution in [0.25, 0.3) is 6.08 Å². The van der Waals surface area contributed by atoms with Crippen molar-refractivity contribution in [1.82, 2.24) is 0 Å². The van der Waals surface area contributed by atoms with Gasteiger partial charge in [0.25, 0.3) is 0 Å². The van der Waals surface area contributed by atoms with Gasteiger partial charge in [-0.3, -0.25) is 4.79 Å². The summed E-state index contributed by atoms with van der Waals surface area (Å²) in [5.74, 6) is 0.228. The van der Waals surface area contributed by atoms with E-state index in [2.05, 4.69) is 31.9 Å². The Morgan fingerprint density at radius 2 is 1.69 bits per heavy atom. The maximum absolute atomic E-state index is 12.8. The topological polar surface area (TPSA) is 52.6 Å². The SMILES string of the molecule is Cc1cc(OC(=O)c2ccccc2Br)cc2c1C(=O)/C(=C/c1ccccc1Br)O2. The molecule has 0 unspecified atom stereocenters. The third kappa shape index (κ3) is 3.91. The quantitative estimate of drug-likeness (QED) is 0.232. The molecule has 4 nitrogen and oxygen atoms in total. The molecule has 0 radical (unpaired) electrons. The number of rotatable bonds is 3. The molecule has 0 fully saturated rings. The fourth-order valence-corrected chi connectivity index (χ4v) is 3.90. The molecule has 1 aliphatic rings. The highest BCUT2D eigenvalue weighted by molar-refractivity contribution is 9.10. The first-order chi connectivity index (χ1) is 13.9. The molecule has 0 aliphatic carbocycles. The summed E-state index contributed by atoms with van der Waals surface area (Å²) in [4.78, 5) is 25.3. The lowest BCUT2D eigenvalue weighted by Crippen LogP contribution is -2.09. The number of halogens is 2. The molecule has 29 heavy (non-hydrogen) atoms. The molecule has 1 heterocycles. The number of hydrogen-bond donors (Lipinski definition) is 0. The molecule has 0 aromatic heterocycles. The fourth-order valence-electron chi connectivity index (χ4n) is 3.06. The number of benzene rings is 3. The van der Waals surface area contributed by atoms with Crippen LogP contribution in [-0.2, 0) is 0 Å². The standard InChI is InChI=1S/C23H14Br2O4/c1-13-10-15(28-23(27)16-7-3-5-9-18(16)25)12-19-21(13)22(26)20(29-19)11-14-6-2-4-8-17(14)24/h2-12H,1H3/b20-11-. The molecule has 4 rings (SSSR count). The Labute approximate surface area is 184 Å². The normalized spacial score (nSPS) is 13.9. The predicted molar refractivity (Wildman–Crippen MR) is 117 cm³/mol. The third-order valence-electron chi connectivity index (χ3n) is 4.44. The zero-order valence-electron chi connectivity index (χ0n) is 15.2. The zero-order chi connectivity index (χ0) is 20.5. The van der Waals surface area contributed by atoms with Gasteiger partial charge in [-0.25, -0.2) is 4.79 Å². The molecule has 144 valence electrons. The van der Waals surface area contributed by atoms with Gasteiger partial charge in [0.05, 0.1) is 11.1 Å². The summed E-state index contributed by atoms with van der Waals surface area (Å²) in [6.45, 7) is 1.79. The van der Waals surface area contributed by atoms with Crippen LogP contribution in [-0.4, -0.2) is 11.8 Å². The Kier molecular flexibility index (Phi) is 5.39. The number of aryl methyl sites for hydroxylation is 1. The van der Waals surface area contributed by atoms with Gasteiger partial charge in [0.1, 0.15) is 11.5 Å². The van der Waals surface area contributed by atoms with Crippen molar-refractivity contribution in [3.63, 3.8) is 0 Å². The molecule has 3 aromatic rings. The summed E-state index contributed by atoms with van der Waals surface area (Å²) in [5.41, 5.74) is 2.40. The molecule has 0 amide bonds. The van der Waals surface area contributed by atoms with Gasteiger partial charge in [-0.1, -0.05) is 46.3 Å². The van der Waals surface area contributed by atoms with E-state index in [-0.39, 0.29) is 11.5 Å². The number of carbonyl (C=O) groups is 2. The molecular formula is C23H14Br2O4. The number of Topliss-reactive ketones (excluding diaryl/α,β-unsaturated/α-hetero) is 1. The number of allylic oxidation sites excluding steroid dienone is 1. The van der Waals surface area contributed by atoms with Crippen molar-refractivity contribution < 1.29 is 19.1 Å². The van der Waals surface area contributed by atoms with Crippen molar-refractivity contribution in [2.75, 3.05) is 0 Å². The fraction of sp³-hybridized carbons (Fsp3) is 0.0435. The number of carbonyl (C=O) groups excluding carboxylic acids is 2. The van der Waals surface area contributed by atoms with E-state index in [0.717, 1.165) is 10.0 Å². The van der Waals surface area contributed by atoms with Crippen LogP contribution in [0.15, 0.2) is 75.4 Å². The minimum atomic E-state index is -0.495. The van der Waals surface area contributed by atoms with Crippen LogP contribution in [0.3, 0.4) is 0 Å². The summed E-state index contributed by atoms with van der Waals surface area (Å²) in [6.07, 6.45) is 1.69. The summed E-state index contributed by atoms with van der Waals surface area (Å²) in [7, 11) is 0. The van der Waals surface area contributed by atoms with Crippen molar-refractivity contribution in [2.45, 2.75) is 6.92 Å². The zero-order valence-corrected chi connectivity index (χ0v) is 18.4. The van der Waals surface area contributed by atoms with Gasteiger partial charge in [-0.2, -0.15) is 0 Å². The van der Waals surface area contributed by atoms with E-state index >= 15 is 0 Å². The van der Waals surface area contributed by atoms with E-state index in [1.54, 1.807) is 43.3 Å². The lowest BCUT2D eigenvalue weighted by atomic mass is 10.0. The third-order valence-corrected chi connectivity index (χ3v) is 5.85. The van der Waals surface area contributed by atoms with Crippen molar-refractivity contribution in [2.24, 2.45) is 0 Å². The second-order valence-corrected chi connectivity index (χ2v) is 8.15. The van der Waals surface area contributed by atoms with Crippen LogP contribution < -0.4 is 9.47 Å². The minimum Gasteiger partial charge on any atom is -0.452 e. The monoisotopic (exact) mass is 512 g/mol. The average molecular weight is 514 g/mol. The lowest BCUT2D eigenvalue weighted by molar-refractivity contribution is 0.0733.